The summed E-state index contributed by atoms with van der Waals surface area (Å²) in [4.78, 5) is 12.9. The van der Waals surface area contributed by atoms with Crippen molar-refractivity contribution in [3.8, 4) is 0 Å². The number of aryl methyl sites for hydroxylation is 1. The smallest absolute Gasteiger partial charge is 0.0799 e. The third kappa shape index (κ3) is 2.30. The van der Waals surface area contributed by atoms with Gasteiger partial charge in [0, 0.05) is 17.8 Å². The summed E-state index contributed by atoms with van der Waals surface area (Å²) in [7, 11) is 0. The van der Waals surface area contributed by atoms with Crippen molar-refractivity contribution in [1.82, 2.24) is 15.0 Å². The summed E-state index contributed by atoms with van der Waals surface area (Å²) >= 11 is 0. The molecule has 3 rings (SSSR count). The van der Waals surface area contributed by atoms with Crippen molar-refractivity contribution in [2.75, 3.05) is 0 Å². The fourth-order valence-corrected chi connectivity index (χ4v) is 2.01. The van der Waals surface area contributed by atoms with Gasteiger partial charge in [-0.05, 0) is 24.6 Å². The van der Waals surface area contributed by atoms with E-state index < -0.39 is 0 Å². The van der Waals surface area contributed by atoms with Gasteiger partial charge in [0.2, 0.25) is 0 Å². The fourth-order valence-electron chi connectivity index (χ4n) is 2.01. The predicted octanol–water partition coefficient (Wildman–Crippen LogP) is 2.38. The summed E-state index contributed by atoms with van der Waals surface area (Å²) in [6.07, 6.45) is 5.24. The highest BCUT2D eigenvalue weighted by atomic mass is 14.8. The molecule has 2 heterocycles. The SMILES string of the molecule is Cc1cnc(C(N)c2ccc3cccnc3c2)cn1. The average Bonchev–Trinajstić information content (AvgIpc) is 2.47. The van der Waals surface area contributed by atoms with Crippen molar-refractivity contribution >= 4 is 10.9 Å². The molecular formula is C15H14N4. The largest absolute Gasteiger partial charge is 0.319 e. The summed E-state index contributed by atoms with van der Waals surface area (Å²) in [6, 6.07) is 9.72. The number of hydrogen-bond donors (Lipinski definition) is 1. The number of fused-ring (bicyclic) bond motifs is 1. The molecule has 2 aromatic heterocycles. The molecule has 19 heavy (non-hydrogen) atoms. The topological polar surface area (TPSA) is 64.7 Å². The zero-order chi connectivity index (χ0) is 13.2. The number of benzene rings is 1. The molecule has 0 amide bonds. The average molecular weight is 250 g/mol. The zero-order valence-electron chi connectivity index (χ0n) is 10.6. The monoisotopic (exact) mass is 250 g/mol. The van der Waals surface area contributed by atoms with Gasteiger partial charge in [-0.3, -0.25) is 15.0 Å². The highest BCUT2D eigenvalue weighted by molar-refractivity contribution is 5.79. The first-order chi connectivity index (χ1) is 9.24. The predicted molar refractivity (Wildman–Crippen MR) is 74.5 cm³/mol. The fraction of sp³-hybridized carbons (Fsp3) is 0.133. The Hall–Kier alpha value is -2.33. The lowest BCUT2D eigenvalue weighted by Gasteiger charge is -2.11. The first-order valence-electron chi connectivity index (χ1n) is 6.13. The molecule has 0 aliphatic rings. The third-order valence-electron chi connectivity index (χ3n) is 3.11. The minimum absolute atomic E-state index is 0.278. The molecule has 4 nitrogen and oxygen atoms in total. The second-order valence-electron chi connectivity index (χ2n) is 4.52. The third-order valence-corrected chi connectivity index (χ3v) is 3.11. The van der Waals surface area contributed by atoms with Crippen LogP contribution in [-0.4, -0.2) is 15.0 Å². The summed E-state index contributed by atoms with van der Waals surface area (Å²) < 4.78 is 0. The molecule has 0 saturated heterocycles. The normalized spacial score (nSPS) is 12.5. The van der Waals surface area contributed by atoms with Gasteiger partial charge in [0.1, 0.15) is 0 Å². The van der Waals surface area contributed by atoms with Crippen molar-refractivity contribution in [3.63, 3.8) is 0 Å². The minimum Gasteiger partial charge on any atom is -0.319 e. The van der Waals surface area contributed by atoms with E-state index in [1.165, 1.54) is 0 Å². The molecule has 0 spiro atoms. The number of rotatable bonds is 2. The maximum Gasteiger partial charge on any atom is 0.0799 e. The Bertz CT molecular complexity index is 707. The van der Waals surface area contributed by atoms with Crippen molar-refractivity contribution in [2.24, 2.45) is 5.73 Å². The van der Waals surface area contributed by atoms with Gasteiger partial charge in [0.25, 0.3) is 0 Å². The molecule has 94 valence electrons. The van der Waals surface area contributed by atoms with Crippen LogP contribution < -0.4 is 5.73 Å². The van der Waals surface area contributed by atoms with E-state index in [1.807, 2.05) is 37.3 Å². The Morgan fingerprint density at radius 2 is 1.95 bits per heavy atom. The lowest BCUT2D eigenvalue weighted by Crippen LogP contribution is -2.14. The van der Waals surface area contributed by atoms with Gasteiger partial charge < -0.3 is 5.73 Å². The molecule has 4 heteroatoms. The molecule has 0 saturated carbocycles. The van der Waals surface area contributed by atoms with Crippen molar-refractivity contribution < 1.29 is 0 Å². The summed E-state index contributed by atoms with van der Waals surface area (Å²) in [5.41, 5.74) is 9.81. The molecular weight excluding hydrogens is 236 g/mol. The second kappa shape index (κ2) is 4.74. The first kappa shape index (κ1) is 11.7. The van der Waals surface area contributed by atoms with Gasteiger partial charge in [-0.25, -0.2) is 0 Å². The van der Waals surface area contributed by atoms with E-state index in [2.05, 4.69) is 15.0 Å². The summed E-state index contributed by atoms with van der Waals surface area (Å²) in [5, 5.41) is 1.11. The molecule has 2 N–H and O–H groups in total. The zero-order valence-corrected chi connectivity index (χ0v) is 10.6. The van der Waals surface area contributed by atoms with Crippen LogP contribution in [0.1, 0.15) is 23.0 Å². The van der Waals surface area contributed by atoms with Crippen LogP contribution in [0.5, 0.6) is 0 Å². The van der Waals surface area contributed by atoms with Gasteiger partial charge in [0.15, 0.2) is 0 Å². The molecule has 1 unspecified atom stereocenters. The van der Waals surface area contributed by atoms with Gasteiger partial charge in [0.05, 0.1) is 29.1 Å². The van der Waals surface area contributed by atoms with Crippen LogP contribution in [-0.2, 0) is 0 Å². The highest BCUT2D eigenvalue weighted by Gasteiger charge is 2.11. The molecule has 0 bridgehead atoms. The molecule has 0 aliphatic heterocycles. The van der Waals surface area contributed by atoms with Gasteiger partial charge in [-0.2, -0.15) is 0 Å². The number of nitrogens with two attached hydrogens (primary N) is 1. The molecule has 0 radical (unpaired) electrons. The Balaban J connectivity index is 2.01. The first-order valence-corrected chi connectivity index (χ1v) is 6.13. The van der Waals surface area contributed by atoms with Crippen LogP contribution in [0, 0.1) is 6.92 Å². The van der Waals surface area contributed by atoms with E-state index >= 15 is 0 Å². The number of nitrogens with zero attached hydrogens (tertiary/aromatic N) is 3. The Morgan fingerprint density at radius 1 is 1.05 bits per heavy atom. The highest BCUT2D eigenvalue weighted by Crippen LogP contribution is 2.21. The van der Waals surface area contributed by atoms with Crippen molar-refractivity contribution in [1.29, 1.82) is 0 Å². The summed E-state index contributed by atoms with van der Waals surface area (Å²) in [6.45, 7) is 1.91. The molecule has 1 aromatic carbocycles. The minimum atomic E-state index is -0.278. The van der Waals surface area contributed by atoms with Gasteiger partial charge in [-0.15, -0.1) is 0 Å². The van der Waals surface area contributed by atoms with Crippen LogP contribution in [0.3, 0.4) is 0 Å². The van der Waals surface area contributed by atoms with Crippen LogP contribution in [0.4, 0.5) is 0 Å². The number of aromatic nitrogens is 3. The quantitative estimate of drug-likeness (QED) is 0.758. The lowest BCUT2D eigenvalue weighted by atomic mass is 10.0. The maximum absolute atomic E-state index is 6.23. The van der Waals surface area contributed by atoms with E-state index in [4.69, 9.17) is 5.73 Å². The Kier molecular flexibility index (Phi) is 2.93. The van der Waals surface area contributed by atoms with E-state index in [0.29, 0.717) is 0 Å². The second-order valence-corrected chi connectivity index (χ2v) is 4.52. The Labute approximate surface area is 111 Å². The van der Waals surface area contributed by atoms with Crippen LogP contribution in [0.15, 0.2) is 48.9 Å². The molecule has 1 atom stereocenters. The molecule has 3 aromatic rings. The van der Waals surface area contributed by atoms with Crippen molar-refractivity contribution in [2.45, 2.75) is 13.0 Å². The Morgan fingerprint density at radius 3 is 2.74 bits per heavy atom. The van der Waals surface area contributed by atoms with E-state index in [9.17, 15) is 0 Å². The van der Waals surface area contributed by atoms with Crippen molar-refractivity contribution in [3.05, 3.63) is 65.9 Å². The van der Waals surface area contributed by atoms with E-state index in [1.54, 1.807) is 18.6 Å². The van der Waals surface area contributed by atoms with E-state index in [0.717, 1.165) is 27.9 Å². The number of hydrogen-bond acceptors (Lipinski definition) is 4. The lowest BCUT2D eigenvalue weighted by molar-refractivity contribution is 0.814. The van der Waals surface area contributed by atoms with Gasteiger partial charge in [-0.1, -0.05) is 18.2 Å². The molecule has 0 aliphatic carbocycles. The van der Waals surface area contributed by atoms with E-state index in [-0.39, 0.29) is 6.04 Å². The van der Waals surface area contributed by atoms with Crippen LogP contribution >= 0.6 is 0 Å². The summed E-state index contributed by atoms with van der Waals surface area (Å²) in [5.74, 6) is 0. The van der Waals surface area contributed by atoms with Gasteiger partial charge >= 0.3 is 0 Å². The maximum atomic E-state index is 6.23. The number of pyridine rings is 1. The molecule has 0 fully saturated rings. The van der Waals surface area contributed by atoms with Crippen LogP contribution in [0.25, 0.3) is 10.9 Å². The standard InChI is InChI=1S/C15H14N4/c1-10-8-19-14(9-18-10)15(16)12-5-4-11-3-2-6-17-13(11)7-12/h2-9,15H,16H2,1H3. The van der Waals surface area contributed by atoms with Crippen LogP contribution in [0.2, 0.25) is 0 Å².